The summed E-state index contributed by atoms with van der Waals surface area (Å²) in [4.78, 5) is 11.5. The van der Waals surface area contributed by atoms with Crippen molar-refractivity contribution in [3.05, 3.63) is 11.3 Å². The molecule has 0 spiro atoms. The zero-order chi connectivity index (χ0) is 17.3. The maximum absolute atomic E-state index is 11.5. The molecule has 0 aromatic carbocycles. The van der Waals surface area contributed by atoms with Gasteiger partial charge in [-0.25, -0.2) is 0 Å². The Morgan fingerprint density at radius 1 is 1.17 bits per heavy atom. The molecule has 0 N–H and O–H groups in total. The van der Waals surface area contributed by atoms with E-state index in [1.54, 1.807) is 12.1 Å². The monoisotopic (exact) mass is 338 g/mol. The normalized spacial score (nSPS) is 18.7. The van der Waals surface area contributed by atoms with Crippen LogP contribution in [0.25, 0.3) is 0 Å². The number of rotatable bonds is 9. The second-order valence-corrected chi connectivity index (χ2v) is 13.4. The zero-order valence-corrected chi connectivity index (χ0v) is 17.1. The molecule has 0 aromatic rings. The highest BCUT2D eigenvalue weighted by Crippen LogP contribution is 2.31. The Labute approximate surface area is 145 Å². The first-order valence-corrected chi connectivity index (χ1v) is 13.2. The van der Waals surface area contributed by atoms with Crippen molar-refractivity contribution in [3.63, 3.8) is 0 Å². The third-order valence-corrected chi connectivity index (χ3v) is 7.48. The van der Waals surface area contributed by atoms with Gasteiger partial charge in [0.1, 0.15) is 6.10 Å². The fourth-order valence-corrected chi connectivity index (χ4v) is 5.32. The molecule has 0 amide bonds. The molecule has 1 aliphatic rings. The van der Waals surface area contributed by atoms with Crippen LogP contribution in [0.5, 0.6) is 0 Å². The van der Waals surface area contributed by atoms with Gasteiger partial charge in [0.05, 0.1) is 8.07 Å². The van der Waals surface area contributed by atoms with Crippen LogP contribution in [0.4, 0.5) is 0 Å². The summed E-state index contributed by atoms with van der Waals surface area (Å²) in [7, 11) is -1.27. The summed E-state index contributed by atoms with van der Waals surface area (Å²) < 4.78 is 5.71. The minimum atomic E-state index is -1.27. The Morgan fingerprint density at radius 2 is 1.83 bits per heavy atom. The average molecular weight is 339 g/mol. The predicted octanol–water partition coefficient (Wildman–Crippen LogP) is 6.27. The lowest BCUT2D eigenvalue weighted by Crippen LogP contribution is -2.29. The summed E-state index contributed by atoms with van der Waals surface area (Å²) in [6.45, 7) is 11.1. The van der Waals surface area contributed by atoms with Gasteiger partial charge in [0.25, 0.3) is 0 Å². The maximum Gasteiger partial charge on any atom is 0.302 e. The lowest BCUT2D eigenvalue weighted by atomic mass is 9.84. The Kier molecular flexibility index (Phi) is 9.19. The molecule has 0 heterocycles. The van der Waals surface area contributed by atoms with Gasteiger partial charge in [0, 0.05) is 13.3 Å². The molecule has 0 saturated heterocycles. The van der Waals surface area contributed by atoms with Crippen LogP contribution in [0.1, 0.15) is 78.1 Å². The van der Waals surface area contributed by atoms with Crippen LogP contribution in [-0.4, -0.2) is 20.1 Å². The Balaban J connectivity index is 2.74. The number of allylic oxidation sites excluding steroid dienone is 1. The van der Waals surface area contributed by atoms with Crippen LogP contribution < -0.4 is 0 Å². The lowest BCUT2D eigenvalue weighted by Gasteiger charge is -2.30. The third-order valence-electron chi connectivity index (χ3n) is 5.10. The standard InChI is InChI=1S/C20H38O2Si/c1-6-7-9-14-19(23(3,4)5)15-16-20(22-17(2)21)18-12-10-8-11-13-18/h15,18,20H,6-14,16H2,1-5H3/b19-15-. The Bertz CT molecular complexity index is 376. The van der Waals surface area contributed by atoms with Gasteiger partial charge in [-0.05, 0) is 31.6 Å². The number of carbonyl (C=O) groups excluding carboxylic acids is 1. The highest BCUT2D eigenvalue weighted by atomic mass is 28.3. The van der Waals surface area contributed by atoms with Gasteiger partial charge >= 0.3 is 5.97 Å². The molecule has 0 bridgehead atoms. The molecule has 0 aliphatic heterocycles. The van der Waals surface area contributed by atoms with Gasteiger partial charge in [-0.15, -0.1) is 0 Å². The molecule has 134 valence electrons. The van der Waals surface area contributed by atoms with Gasteiger partial charge < -0.3 is 4.74 Å². The smallest absolute Gasteiger partial charge is 0.302 e. The second-order valence-electron chi connectivity index (χ2n) is 8.22. The molecule has 1 fully saturated rings. The Morgan fingerprint density at radius 3 is 2.35 bits per heavy atom. The molecule has 1 unspecified atom stereocenters. The fraction of sp³-hybridized carbons (Fsp3) is 0.850. The first-order chi connectivity index (χ1) is 10.8. The highest BCUT2D eigenvalue weighted by molar-refractivity contribution is 6.83. The summed E-state index contributed by atoms with van der Waals surface area (Å²) >= 11 is 0. The molecule has 1 aliphatic carbocycles. The van der Waals surface area contributed by atoms with Crippen molar-refractivity contribution in [1.82, 2.24) is 0 Å². The zero-order valence-electron chi connectivity index (χ0n) is 16.1. The largest absolute Gasteiger partial charge is 0.462 e. The van der Waals surface area contributed by atoms with E-state index in [1.165, 1.54) is 57.8 Å². The van der Waals surface area contributed by atoms with E-state index >= 15 is 0 Å². The molecular weight excluding hydrogens is 300 g/mol. The van der Waals surface area contributed by atoms with Crippen LogP contribution in [0.15, 0.2) is 11.3 Å². The van der Waals surface area contributed by atoms with E-state index in [2.05, 4.69) is 32.6 Å². The van der Waals surface area contributed by atoms with Gasteiger partial charge in [0.15, 0.2) is 0 Å². The molecule has 0 radical (unpaired) electrons. The number of carbonyl (C=O) groups is 1. The minimum absolute atomic E-state index is 0.102. The van der Waals surface area contributed by atoms with E-state index in [4.69, 9.17) is 4.74 Å². The first kappa shape index (κ1) is 20.5. The van der Waals surface area contributed by atoms with E-state index < -0.39 is 8.07 Å². The molecule has 1 saturated carbocycles. The summed E-state index contributed by atoms with van der Waals surface area (Å²) in [5.74, 6) is 0.455. The molecule has 2 nitrogen and oxygen atoms in total. The molecule has 1 atom stereocenters. The van der Waals surface area contributed by atoms with Crippen molar-refractivity contribution < 1.29 is 9.53 Å². The van der Waals surface area contributed by atoms with Gasteiger partial charge in [-0.1, -0.05) is 69.9 Å². The van der Waals surface area contributed by atoms with Crippen LogP contribution in [-0.2, 0) is 9.53 Å². The van der Waals surface area contributed by atoms with Gasteiger partial charge in [-0.2, -0.15) is 0 Å². The van der Waals surface area contributed by atoms with E-state index in [0.29, 0.717) is 5.92 Å². The van der Waals surface area contributed by atoms with E-state index in [-0.39, 0.29) is 12.1 Å². The Hall–Kier alpha value is -0.573. The topological polar surface area (TPSA) is 26.3 Å². The van der Waals surface area contributed by atoms with Gasteiger partial charge in [-0.3, -0.25) is 4.79 Å². The fourth-order valence-electron chi connectivity index (χ4n) is 3.66. The number of esters is 1. The highest BCUT2D eigenvalue weighted by Gasteiger charge is 2.26. The van der Waals surface area contributed by atoms with Crippen LogP contribution in [0.2, 0.25) is 19.6 Å². The SMILES string of the molecule is CCCCC/C(=C/CC(OC(C)=O)C1CCCCC1)[Si](C)(C)C. The molecule has 0 aromatic heterocycles. The molecule has 23 heavy (non-hydrogen) atoms. The lowest BCUT2D eigenvalue weighted by molar-refractivity contribution is -0.149. The average Bonchev–Trinajstić information content (AvgIpc) is 2.48. The number of unbranched alkanes of at least 4 members (excludes halogenated alkanes) is 2. The summed E-state index contributed by atoms with van der Waals surface area (Å²) in [6.07, 6.45) is 15.0. The van der Waals surface area contributed by atoms with Crippen LogP contribution >= 0.6 is 0 Å². The van der Waals surface area contributed by atoms with Crippen molar-refractivity contribution in [2.45, 2.75) is 104 Å². The maximum atomic E-state index is 11.5. The van der Waals surface area contributed by atoms with E-state index in [9.17, 15) is 4.79 Å². The predicted molar refractivity (Wildman–Crippen MR) is 102 cm³/mol. The summed E-state index contributed by atoms with van der Waals surface area (Å²) in [6, 6.07) is 0. The second kappa shape index (κ2) is 10.3. The van der Waals surface area contributed by atoms with E-state index in [0.717, 1.165) is 6.42 Å². The number of hydrogen-bond acceptors (Lipinski definition) is 2. The van der Waals surface area contributed by atoms with Crippen molar-refractivity contribution in [1.29, 1.82) is 0 Å². The van der Waals surface area contributed by atoms with E-state index in [1.807, 2.05) is 0 Å². The molecular formula is C20H38O2Si. The van der Waals surface area contributed by atoms with Crippen LogP contribution in [0, 0.1) is 5.92 Å². The molecule has 1 rings (SSSR count). The molecule has 3 heteroatoms. The summed E-state index contributed by atoms with van der Waals surface area (Å²) in [5.41, 5.74) is 0. The minimum Gasteiger partial charge on any atom is -0.462 e. The first-order valence-electron chi connectivity index (χ1n) is 9.71. The van der Waals surface area contributed by atoms with Crippen molar-refractivity contribution in [2.75, 3.05) is 0 Å². The summed E-state index contributed by atoms with van der Waals surface area (Å²) in [5, 5.41) is 1.67. The van der Waals surface area contributed by atoms with Gasteiger partial charge in [0.2, 0.25) is 0 Å². The quantitative estimate of drug-likeness (QED) is 0.281. The van der Waals surface area contributed by atoms with Crippen molar-refractivity contribution >= 4 is 14.0 Å². The van der Waals surface area contributed by atoms with Crippen molar-refractivity contribution in [3.8, 4) is 0 Å². The number of hydrogen-bond donors (Lipinski definition) is 0. The van der Waals surface area contributed by atoms with Crippen molar-refractivity contribution in [2.24, 2.45) is 5.92 Å². The third kappa shape index (κ3) is 8.19. The van der Waals surface area contributed by atoms with Crippen LogP contribution in [0.3, 0.4) is 0 Å². The number of ether oxygens (including phenoxy) is 1.